The molecule has 0 saturated heterocycles. The number of thiophene rings is 1. The molecular formula is C6H3BrN2O2S. The summed E-state index contributed by atoms with van der Waals surface area (Å²) in [5.74, 6) is 0. The predicted octanol–water partition coefficient (Wildman–Crippen LogP) is 1.04. The topological polar surface area (TPSA) is 65.7 Å². The number of aromatic nitrogens is 2. The minimum Gasteiger partial charge on any atom is -0.315 e. The van der Waals surface area contributed by atoms with E-state index < -0.39 is 11.1 Å². The van der Waals surface area contributed by atoms with Crippen molar-refractivity contribution in [2.45, 2.75) is 0 Å². The largest absolute Gasteiger partial charge is 0.315 e. The van der Waals surface area contributed by atoms with Gasteiger partial charge in [0.15, 0.2) is 0 Å². The predicted molar refractivity (Wildman–Crippen MR) is 50.8 cm³/mol. The Morgan fingerprint density at radius 1 is 1.25 bits per heavy atom. The van der Waals surface area contributed by atoms with E-state index >= 15 is 0 Å². The van der Waals surface area contributed by atoms with Crippen LogP contribution in [0.2, 0.25) is 0 Å². The first kappa shape index (κ1) is 7.75. The number of H-pyrrole nitrogens is 2. The molecule has 2 heterocycles. The molecule has 4 nitrogen and oxygen atoms in total. The van der Waals surface area contributed by atoms with Gasteiger partial charge in [-0.3, -0.25) is 9.59 Å². The third kappa shape index (κ3) is 1.12. The fraction of sp³-hybridized carbons (Fsp3) is 0. The SMILES string of the molecule is O=c1[nH]c2cc(Br)sc2[nH]c1=O. The lowest BCUT2D eigenvalue weighted by atomic mass is 10.5. The molecule has 0 fully saturated rings. The van der Waals surface area contributed by atoms with Crippen molar-refractivity contribution in [3.8, 4) is 0 Å². The van der Waals surface area contributed by atoms with Gasteiger partial charge in [-0.25, -0.2) is 0 Å². The molecule has 0 atom stereocenters. The summed E-state index contributed by atoms with van der Waals surface area (Å²) in [5, 5.41) is 0. The van der Waals surface area contributed by atoms with Crippen molar-refractivity contribution in [3.63, 3.8) is 0 Å². The lowest BCUT2D eigenvalue weighted by molar-refractivity contribution is 1.16. The van der Waals surface area contributed by atoms with Crippen molar-refractivity contribution in [2.75, 3.05) is 0 Å². The van der Waals surface area contributed by atoms with Crippen molar-refractivity contribution >= 4 is 37.6 Å². The van der Waals surface area contributed by atoms with E-state index in [4.69, 9.17) is 0 Å². The molecule has 0 aromatic carbocycles. The van der Waals surface area contributed by atoms with Gasteiger partial charge in [0.25, 0.3) is 0 Å². The number of halogens is 1. The van der Waals surface area contributed by atoms with E-state index in [-0.39, 0.29) is 0 Å². The normalized spacial score (nSPS) is 10.8. The van der Waals surface area contributed by atoms with Gasteiger partial charge in [-0.2, -0.15) is 0 Å². The molecule has 0 radical (unpaired) electrons. The smallest absolute Gasteiger partial charge is 0.314 e. The molecule has 0 aliphatic heterocycles. The Kier molecular flexibility index (Phi) is 1.66. The maximum absolute atomic E-state index is 10.8. The number of hydrogen-bond acceptors (Lipinski definition) is 3. The summed E-state index contributed by atoms with van der Waals surface area (Å²) in [6.07, 6.45) is 0. The summed E-state index contributed by atoms with van der Waals surface area (Å²) >= 11 is 4.61. The summed E-state index contributed by atoms with van der Waals surface area (Å²) in [4.78, 5) is 27.3. The van der Waals surface area contributed by atoms with Crippen LogP contribution in [0.1, 0.15) is 0 Å². The molecule has 0 aliphatic rings. The van der Waals surface area contributed by atoms with Gasteiger partial charge in [0.05, 0.1) is 9.30 Å². The molecule has 0 aliphatic carbocycles. The van der Waals surface area contributed by atoms with Crippen LogP contribution in [0.25, 0.3) is 10.3 Å². The molecule has 62 valence electrons. The van der Waals surface area contributed by atoms with Crippen molar-refractivity contribution in [2.24, 2.45) is 0 Å². The highest BCUT2D eigenvalue weighted by Crippen LogP contribution is 2.24. The van der Waals surface area contributed by atoms with Gasteiger partial charge in [-0.15, -0.1) is 11.3 Å². The van der Waals surface area contributed by atoms with Crippen LogP contribution in [-0.4, -0.2) is 9.97 Å². The molecule has 2 rings (SSSR count). The minimum atomic E-state index is -0.618. The van der Waals surface area contributed by atoms with E-state index in [0.29, 0.717) is 10.3 Å². The lowest BCUT2D eigenvalue weighted by Crippen LogP contribution is -2.28. The van der Waals surface area contributed by atoms with Gasteiger partial charge in [0.2, 0.25) is 0 Å². The standard InChI is InChI=1S/C6H3BrN2O2S/c7-3-1-2-6(12-3)9-5(11)4(10)8-2/h1H,(H,8,10)(H,9,11). The van der Waals surface area contributed by atoms with Gasteiger partial charge in [-0.05, 0) is 22.0 Å². The molecule has 2 N–H and O–H groups in total. The molecular weight excluding hydrogens is 244 g/mol. The Hall–Kier alpha value is -0.880. The first-order chi connectivity index (χ1) is 5.66. The van der Waals surface area contributed by atoms with Crippen molar-refractivity contribution in [3.05, 3.63) is 30.6 Å². The quantitative estimate of drug-likeness (QED) is 0.683. The van der Waals surface area contributed by atoms with Crippen molar-refractivity contribution in [1.29, 1.82) is 0 Å². The van der Waals surface area contributed by atoms with Crippen molar-refractivity contribution < 1.29 is 0 Å². The van der Waals surface area contributed by atoms with E-state index in [1.54, 1.807) is 6.07 Å². The van der Waals surface area contributed by atoms with Gasteiger partial charge in [0, 0.05) is 0 Å². The third-order valence-electron chi connectivity index (χ3n) is 1.38. The van der Waals surface area contributed by atoms with Crippen LogP contribution in [0.4, 0.5) is 0 Å². The van der Waals surface area contributed by atoms with Crippen LogP contribution in [0.3, 0.4) is 0 Å². The molecule has 12 heavy (non-hydrogen) atoms. The maximum atomic E-state index is 10.8. The fourth-order valence-electron chi connectivity index (χ4n) is 0.886. The van der Waals surface area contributed by atoms with Gasteiger partial charge < -0.3 is 9.97 Å². The Bertz CT molecular complexity index is 491. The van der Waals surface area contributed by atoms with Crippen LogP contribution in [0.5, 0.6) is 0 Å². The highest BCUT2D eigenvalue weighted by Gasteiger charge is 2.02. The second-order valence-corrected chi connectivity index (χ2v) is 4.63. The Morgan fingerprint density at radius 2 is 1.92 bits per heavy atom. The van der Waals surface area contributed by atoms with E-state index in [1.807, 2.05) is 0 Å². The number of aromatic amines is 2. The molecule has 0 bridgehead atoms. The zero-order valence-corrected chi connectivity index (χ0v) is 8.08. The highest BCUT2D eigenvalue weighted by molar-refractivity contribution is 9.11. The summed E-state index contributed by atoms with van der Waals surface area (Å²) in [5.41, 5.74) is -0.582. The molecule has 0 spiro atoms. The Balaban J connectivity index is 3.02. The second-order valence-electron chi connectivity index (χ2n) is 2.20. The number of nitrogens with one attached hydrogen (secondary N) is 2. The second kappa shape index (κ2) is 2.56. The van der Waals surface area contributed by atoms with E-state index in [0.717, 1.165) is 3.79 Å². The van der Waals surface area contributed by atoms with Crippen molar-refractivity contribution in [1.82, 2.24) is 9.97 Å². The summed E-state index contributed by atoms with van der Waals surface area (Å²) < 4.78 is 0.870. The van der Waals surface area contributed by atoms with E-state index in [2.05, 4.69) is 25.9 Å². The number of fused-ring (bicyclic) bond motifs is 1. The minimum absolute atomic E-state index is 0.614. The van der Waals surface area contributed by atoms with E-state index in [1.165, 1.54) is 11.3 Å². The maximum Gasteiger partial charge on any atom is 0.314 e. The Morgan fingerprint density at radius 3 is 2.67 bits per heavy atom. The van der Waals surface area contributed by atoms with Gasteiger partial charge in [0.1, 0.15) is 4.83 Å². The first-order valence-corrected chi connectivity index (χ1v) is 4.69. The lowest BCUT2D eigenvalue weighted by Gasteiger charge is -1.84. The molecule has 0 amide bonds. The van der Waals surface area contributed by atoms with Gasteiger partial charge >= 0.3 is 11.1 Å². The molecule has 0 saturated carbocycles. The van der Waals surface area contributed by atoms with Gasteiger partial charge in [-0.1, -0.05) is 0 Å². The van der Waals surface area contributed by atoms with Crippen LogP contribution in [-0.2, 0) is 0 Å². The fourth-order valence-corrected chi connectivity index (χ4v) is 2.34. The third-order valence-corrected chi connectivity index (χ3v) is 2.94. The molecule has 0 unspecified atom stereocenters. The van der Waals surface area contributed by atoms with E-state index in [9.17, 15) is 9.59 Å². The van der Waals surface area contributed by atoms with Crippen LogP contribution < -0.4 is 11.1 Å². The monoisotopic (exact) mass is 246 g/mol. The first-order valence-electron chi connectivity index (χ1n) is 3.08. The highest BCUT2D eigenvalue weighted by atomic mass is 79.9. The zero-order valence-electron chi connectivity index (χ0n) is 5.68. The molecule has 6 heteroatoms. The summed E-state index contributed by atoms with van der Waals surface area (Å²) in [6.45, 7) is 0. The zero-order chi connectivity index (χ0) is 8.72. The van der Waals surface area contributed by atoms with Crippen LogP contribution in [0.15, 0.2) is 19.4 Å². The molecule has 2 aromatic heterocycles. The summed E-state index contributed by atoms with van der Waals surface area (Å²) in [6, 6.07) is 1.75. The Labute approximate surface area is 78.4 Å². The number of rotatable bonds is 0. The van der Waals surface area contributed by atoms with Crippen LogP contribution in [0, 0.1) is 0 Å². The average Bonchev–Trinajstić information content (AvgIpc) is 2.30. The van der Waals surface area contributed by atoms with Crippen LogP contribution >= 0.6 is 27.3 Å². The average molecular weight is 247 g/mol. The number of hydrogen-bond donors (Lipinski definition) is 2. The molecule has 2 aromatic rings. The summed E-state index contributed by atoms with van der Waals surface area (Å²) in [7, 11) is 0.